The Morgan fingerprint density at radius 1 is 1.50 bits per heavy atom. The Morgan fingerprint density at radius 2 is 2.14 bits per heavy atom. The lowest BCUT2D eigenvalue weighted by atomic mass is 10.3. The fourth-order valence-corrected chi connectivity index (χ4v) is 1.56. The first-order chi connectivity index (χ1) is 6.75. The molecule has 0 aromatic carbocycles. The van der Waals surface area contributed by atoms with E-state index in [4.69, 9.17) is 5.11 Å². The normalized spacial score (nSPS) is 18.1. The Morgan fingerprint density at radius 3 is 2.64 bits per heavy atom. The van der Waals surface area contributed by atoms with Gasteiger partial charge in [0.25, 0.3) is 0 Å². The third-order valence-electron chi connectivity index (χ3n) is 2.38. The second kappa shape index (κ2) is 5.82. The zero-order chi connectivity index (χ0) is 10.4. The molecule has 82 valence electrons. The van der Waals surface area contributed by atoms with Crippen molar-refractivity contribution in [3.8, 4) is 0 Å². The molecule has 1 heterocycles. The van der Waals surface area contributed by atoms with Crippen LogP contribution in [0.4, 0.5) is 4.79 Å². The SMILES string of the molecule is CCCCN(C(=O)O)N1CCNCC1. The van der Waals surface area contributed by atoms with Gasteiger partial charge in [0.1, 0.15) is 0 Å². The van der Waals surface area contributed by atoms with Gasteiger partial charge in [-0.1, -0.05) is 13.3 Å². The van der Waals surface area contributed by atoms with Crippen LogP contribution in [0.3, 0.4) is 0 Å². The number of unbranched alkanes of at least 4 members (excludes halogenated alkanes) is 1. The minimum Gasteiger partial charge on any atom is -0.464 e. The molecule has 1 aliphatic heterocycles. The summed E-state index contributed by atoms with van der Waals surface area (Å²) in [6, 6.07) is 0. The number of nitrogens with one attached hydrogen (secondary N) is 1. The van der Waals surface area contributed by atoms with Crippen molar-refractivity contribution in [3.05, 3.63) is 0 Å². The Kier molecular flexibility index (Phi) is 4.69. The van der Waals surface area contributed by atoms with Gasteiger partial charge in [-0.15, -0.1) is 0 Å². The summed E-state index contributed by atoms with van der Waals surface area (Å²) in [6.45, 7) is 6.00. The van der Waals surface area contributed by atoms with Crippen molar-refractivity contribution in [2.24, 2.45) is 0 Å². The van der Waals surface area contributed by atoms with Gasteiger partial charge in [0, 0.05) is 32.7 Å². The fraction of sp³-hybridized carbons (Fsp3) is 0.889. The molecule has 5 heteroatoms. The third kappa shape index (κ3) is 3.16. The number of carbonyl (C=O) groups is 1. The molecule has 0 saturated carbocycles. The van der Waals surface area contributed by atoms with Gasteiger partial charge in [-0.2, -0.15) is 0 Å². The molecule has 0 aliphatic carbocycles. The van der Waals surface area contributed by atoms with Crippen LogP contribution in [0, 0.1) is 0 Å². The molecular weight excluding hydrogens is 182 g/mol. The minimum atomic E-state index is -0.833. The van der Waals surface area contributed by atoms with Gasteiger partial charge < -0.3 is 10.4 Å². The summed E-state index contributed by atoms with van der Waals surface area (Å²) in [5.41, 5.74) is 0. The van der Waals surface area contributed by atoms with E-state index in [1.165, 1.54) is 5.01 Å². The molecule has 0 bridgehead atoms. The molecular formula is C9H19N3O2. The highest BCUT2D eigenvalue weighted by molar-refractivity contribution is 5.64. The smallest absolute Gasteiger partial charge is 0.421 e. The average molecular weight is 201 g/mol. The van der Waals surface area contributed by atoms with Crippen molar-refractivity contribution < 1.29 is 9.90 Å². The highest BCUT2D eigenvalue weighted by atomic mass is 16.4. The summed E-state index contributed by atoms with van der Waals surface area (Å²) in [6.07, 6.45) is 1.12. The van der Waals surface area contributed by atoms with Gasteiger partial charge in [-0.05, 0) is 6.42 Å². The average Bonchev–Trinajstić information content (AvgIpc) is 2.19. The van der Waals surface area contributed by atoms with E-state index in [1.54, 1.807) is 0 Å². The molecule has 0 radical (unpaired) electrons. The monoisotopic (exact) mass is 201 g/mol. The van der Waals surface area contributed by atoms with Crippen LogP contribution in [0.25, 0.3) is 0 Å². The zero-order valence-corrected chi connectivity index (χ0v) is 8.70. The van der Waals surface area contributed by atoms with Crippen molar-refractivity contribution in [2.75, 3.05) is 32.7 Å². The molecule has 14 heavy (non-hydrogen) atoms. The standard InChI is InChI=1S/C9H19N3O2/c1-2-3-6-12(9(13)14)11-7-4-10-5-8-11/h10H,2-8H2,1H3,(H,13,14). The maximum atomic E-state index is 11.0. The van der Waals surface area contributed by atoms with E-state index >= 15 is 0 Å². The van der Waals surface area contributed by atoms with E-state index in [-0.39, 0.29) is 0 Å². The number of hydrogen-bond donors (Lipinski definition) is 2. The van der Waals surface area contributed by atoms with Crippen LogP contribution in [0.1, 0.15) is 19.8 Å². The number of rotatable bonds is 4. The van der Waals surface area contributed by atoms with E-state index in [1.807, 2.05) is 5.01 Å². The van der Waals surface area contributed by atoms with Crippen molar-refractivity contribution in [1.29, 1.82) is 0 Å². The van der Waals surface area contributed by atoms with Crippen molar-refractivity contribution >= 4 is 6.09 Å². The van der Waals surface area contributed by atoms with Gasteiger partial charge in [-0.3, -0.25) is 0 Å². The molecule has 0 aromatic rings. The molecule has 1 aliphatic rings. The molecule has 0 aromatic heterocycles. The molecule has 2 N–H and O–H groups in total. The number of nitrogens with zero attached hydrogens (tertiary/aromatic N) is 2. The second-order valence-electron chi connectivity index (χ2n) is 3.46. The van der Waals surface area contributed by atoms with Gasteiger partial charge in [0.05, 0.1) is 0 Å². The van der Waals surface area contributed by atoms with Crippen LogP contribution in [-0.2, 0) is 0 Å². The largest absolute Gasteiger partial charge is 0.464 e. The lowest BCUT2D eigenvalue weighted by Gasteiger charge is -2.35. The number of piperazine rings is 1. The minimum absolute atomic E-state index is 0.617. The van der Waals surface area contributed by atoms with E-state index in [0.717, 1.165) is 39.0 Å². The molecule has 1 fully saturated rings. The van der Waals surface area contributed by atoms with Crippen molar-refractivity contribution in [3.63, 3.8) is 0 Å². The van der Waals surface area contributed by atoms with Gasteiger partial charge in [0.15, 0.2) is 0 Å². The van der Waals surface area contributed by atoms with Crippen molar-refractivity contribution in [2.45, 2.75) is 19.8 Å². The fourth-order valence-electron chi connectivity index (χ4n) is 1.56. The molecule has 0 unspecified atom stereocenters. The summed E-state index contributed by atoms with van der Waals surface area (Å²) < 4.78 is 0. The van der Waals surface area contributed by atoms with Crippen LogP contribution in [0.2, 0.25) is 0 Å². The van der Waals surface area contributed by atoms with Crippen LogP contribution in [-0.4, -0.2) is 53.9 Å². The summed E-state index contributed by atoms with van der Waals surface area (Å²) in [5.74, 6) is 0. The highest BCUT2D eigenvalue weighted by Crippen LogP contribution is 2.03. The van der Waals surface area contributed by atoms with E-state index < -0.39 is 6.09 Å². The summed E-state index contributed by atoms with van der Waals surface area (Å²) >= 11 is 0. The number of amides is 1. The van der Waals surface area contributed by atoms with E-state index in [9.17, 15) is 4.79 Å². The van der Waals surface area contributed by atoms with Gasteiger partial charge in [-0.25, -0.2) is 14.8 Å². The van der Waals surface area contributed by atoms with Crippen LogP contribution < -0.4 is 5.32 Å². The summed E-state index contributed by atoms with van der Waals surface area (Å²) in [7, 11) is 0. The first-order valence-electron chi connectivity index (χ1n) is 5.21. The molecule has 1 rings (SSSR count). The molecule has 0 atom stereocenters. The number of carboxylic acid groups (broad SMARTS) is 1. The predicted octanol–water partition coefficient (Wildman–Crippen LogP) is 0.587. The topological polar surface area (TPSA) is 55.8 Å². The third-order valence-corrected chi connectivity index (χ3v) is 2.38. The van der Waals surface area contributed by atoms with E-state index in [2.05, 4.69) is 12.2 Å². The first-order valence-corrected chi connectivity index (χ1v) is 5.21. The maximum Gasteiger partial charge on any atom is 0.421 e. The summed E-state index contributed by atoms with van der Waals surface area (Å²) in [4.78, 5) is 11.0. The van der Waals surface area contributed by atoms with Gasteiger partial charge >= 0.3 is 6.09 Å². The van der Waals surface area contributed by atoms with Gasteiger partial charge in [0.2, 0.25) is 0 Å². The Bertz CT molecular complexity index is 181. The second-order valence-corrected chi connectivity index (χ2v) is 3.46. The summed E-state index contributed by atoms with van der Waals surface area (Å²) in [5, 5.41) is 15.6. The highest BCUT2D eigenvalue weighted by Gasteiger charge is 2.21. The Hall–Kier alpha value is -0.810. The Balaban J connectivity index is 2.43. The molecule has 1 amide bonds. The van der Waals surface area contributed by atoms with Crippen LogP contribution in [0.15, 0.2) is 0 Å². The lowest BCUT2D eigenvalue weighted by Crippen LogP contribution is -2.54. The molecule has 1 saturated heterocycles. The Labute approximate surface area is 84.6 Å². The number of hydrogen-bond acceptors (Lipinski definition) is 3. The van der Waals surface area contributed by atoms with E-state index in [0.29, 0.717) is 6.54 Å². The lowest BCUT2D eigenvalue weighted by molar-refractivity contribution is -0.0179. The molecule has 0 spiro atoms. The van der Waals surface area contributed by atoms with Crippen LogP contribution >= 0.6 is 0 Å². The zero-order valence-electron chi connectivity index (χ0n) is 8.70. The predicted molar refractivity (Wildman–Crippen MR) is 54.1 cm³/mol. The number of hydrazine groups is 1. The quantitative estimate of drug-likeness (QED) is 0.699. The van der Waals surface area contributed by atoms with Crippen molar-refractivity contribution in [1.82, 2.24) is 15.3 Å². The maximum absolute atomic E-state index is 11.0. The first kappa shape index (κ1) is 11.3. The molecule has 5 nitrogen and oxygen atoms in total. The van der Waals surface area contributed by atoms with Crippen LogP contribution in [0.5, 0.6) is 0 Å².